The lowest BCUT2D eigenvalue weighted by molar-refractivity contribution is -0.149. The molecule has 0 spiro atoms. The fraction of sp³-hybridized carbons (Fsp3) is 0.864. The Labute approximate surface area is 176 Å². The highest BCUT2D eigenvalue weighted by Gasteiger charge is 2.56. The number of ether oxygens (including phenoxy) is 1. The van der Waals surface area contributed by atoms with Crippen LogP contribution in [0.15, 0.2) is 12.3 Å². The second-order valence-electron chi connectivity index (χ2n) is 11.5. The van der Waals surface area contributed by atoms with Gasteiger partial charge in [-0.15, -0.1) is 0 Å². The van der Waals surface area contributed by atoms with Crippen molar-refractivity contribution in [3.8, 4) is 0 Å². The van der Waals surface area contributed by atoms with Crippen molar-refractivity contribution in [2.75, 3.05) is 7.11 Å². The van der Waals surface area contributed by atoms with Crippen LogP contribution in [0.4, 0.5) is 0 Å². The molecule has 6 heteroatoms. The maximum Gasteiger partial charge on any atom is 0.220 e. The molecule has 1 aliphatic heterocycles. The lowest BCUT2D eigenvalue weighted by Gasteiger charge is -2.59. The summed E-state index contributed by atoms with van der Waals surface area (Å²) in [4.78, 5) is 13.3. The van der Waals surface area contributed by atoms with Gasteiger partial charge in [-0.2, -0.15) is 0 Å². The second kappa shape index (κ2) is 8.64. The molecule has 3 atom stereocenters. The Morgan fingerprint density at radius 3 is 2.04 bits per heavy atom. The summed E-state index contributed by atoms with van der Waals surface area (Å²) in [5.74, 6) is 0.378. The third kappa shape index (κ3) is 5.30. The van der Waals surface area contributed by atoms with E-state index in [0.29, 0.717) is 5.91 Å². The van der Waals surface area contributed by atoms with Gasteiger partial charge in [0.25, 0.3) is 0 Å². The van der Waals surface area contributed by atoms with E-state index in [-0.39, 0.29) is 28.1 Å². The van der Waals surface area contributed by atoms with Gasteiger partial charge in [0.2, 0.25) is 5.91 Å². The summed E-state index contributed by atoms with van der Waals surface area (Å²) < 4.78 is 13.9. The quantitative estimate of drug-likeness (QED) is 0.264. The molecule has 0 aromatic carbocycles. The van der Waals surface area contributed by atoms with Gasteiger partial charge in [-0.1, -0.05) is 54.6 Å². The minimum atomic E-state index is -1.90. The molecule has 1 rings (SSSR count). The number of hydrogen-bond donors (Lipinski definition) is 0. The van der Waals surface area contributed by atoms with Gasteiger partial charge >= 0.3 is 0 Å². The van der Waals surface area contributed by atoms with Crippen molar-refractivity contribution in [2.24, 2.45) is 5.92 Å². The molecular weight excluding hydrogens is 382 g/mol. The van der Waals surface area contributed by atoms with Crippen LogP contribution in [0, 0.1) is 5.92 Å². The largest absolute Gasteiger partial charge is 0.505 e. The molecule has 0 radical (unpaired) electrons. The van der Waals surface area contributed by atoms with Crippen LogP contribution in [0.25, 0.3) is 0 Å². The predicted molar refractivity (Wildman–Crippen MR) is 124 cm³/mol. The smallest absolute Gasteiger partial charge is 0.220 e. The Morgan fingerprint density at radius 1 is 1.07 bits per heavy atom. The maximum absolute atomic E-state index is 13.3. The van der Waals surface area contributed by atoms with Gasteiger partial charge in [-0.25, -0.2) is 0 Å². The van der Waals surface area contributed by atoms with Crippen LogP contribution in [0.2, 0.25) is 36.3 Å². The summed E-state index contributed by atoms with van der Waals surface area (Å²) in [7, 11) is -2.07. The molecule has 1 heterocycles. The topological polar surface area (TPSA) is 38.8 Å². The monoisotopic (exact) mass is 427 g/mol. The highest BCUT2D eigenvalue weighted by molar-refractivity contribution is 6.80. The Balaban J connectivity index is 2.99. The number of β-lactam (4-membered cyclic amide) rings is 1. The number of carbonyl (C=O) groups is 1. The summed E-state index contributed by atoms with van der Waals surface area (Å²) in [6.07, 6.45) is 5.55. The fourth-order valence-electron chi connectivity index (χ4n) is 3.56. The molecule has 0 bridgehead atoms. The van der Waals surface area contributed by atoms with Crippen LogP contribution in [0.3, 0.4) is 0 Å². The zero-order valence-electron chi connectivity index (χ0n) is 20.5. The summed E-state index contributed by atoms with van der Waals surface area (Å²) in [6, 6.07) is 0.255. The first-order valence-corrected chi connectivity index (χ1v) is 16.5. The number of methoxy groups -OCH3 is 1. The number of nitrogens with zero attached hydrogens (tertiary/aromatic N) is 1. The van der Waals surface area contributed by atoms with E-state index < -0.39 is 16.6 Å². The van der Waals surface area contributed by atoms with E-state index >= 15 is 0 Å². The average molecular weight is 428 g/mol. The van der Waals surface area contributed by atoms with Gasteiger partial charge in [0, 0.05) is 12.1 Å². The first-order valence-electron chi connectivity index (χ1n) is 10.7. The number of carbonyl (C=O) groups excluding carboxylic acids is 1. The third-order valence-electron chi connectivity index (χ3n) is 7.29. The molecule has 1 saturated heterocycles. The van der Waals surface area contributed by atoms with Gasteiger partial charge in [-0.05, 0) is 49.0 Å². The predicted octanol–water partition coefficient (Wildman–Crippen LogP) is 6.17. The Hall–Kier alpha value is -0.596. The average Bonchev–Trinajstić information content (AvgIpc) is 2.49. The minimum absolute atomic E-state index is 0.0513. The van der Waals surface area contributed by atoms with Gasteiger partial charge in [0.1, 0.15) is 0 Å². The van der Waals surface area contributed by atoms with Crippen molar-refractivity contribution >= 4 is 22.5 Å². The molecule has 1 fully saturated rings. The SMILES string of the molecule is CO/C=C/C[C@@H]1[C@@H](C[C@@H](C)O[Si](C)(C)C(C)(C)C)C(=O)N1[Si](C)(C)C(C)(C)C. The molecule has 0 aromatic rings. The number of rotatable bonds is 8. The summed E-state index contributed by atoms with van der Waals surface area (Å²) in [5, 5.41) is 0.318. The third-order valence-corrected chi connectivity index (χ3v) is 17.3. The maximum atomic E-state index is 13.3. The highest BCUT2D eigenvalue weighted by Crippen LogP contribution is 2.47. The molecule has 164 valence electrons. The molecule has 1 amide bonds. The van der Waals surface area contributed by atoms with Crippen molar-refractivity contribution in [3.05, 3.63) is 12.3 Å². The molecule has 0 saturated carbocycles. The van der Waals surface area contributed by atoms with Gasteiger partial charge in [0.05, 0.1) is 19.3 Å². The summed E-state index contributed by atoms with van der Waals surface area (Å²) in [6.45, 7) is 25.0. The standard InChI is InChI=1S/C22H45NO3Si2/c1-17(26-28(11,12)22(5,6)7)16-18-19(14-13-15-25-8)23(20(18)24)27(9,10)21(2,3)4/h13,15,17-19H,14,16H2,1-12H3/b15-13+/t17-,18-,19-/m1/s1. The lowest BCUT2D eigenvalue weighted by Crippen LogP contribution is -2.72. The van der Waals surface area contributed by atoms with E-state index in [0.717, 1.165) is 12.8 Å². The Morgan fingerprint density at radius 2 is 1.61 bits per heavy atom. The number of hydrogen-bond acceptors (Lipinski definition) is 3. The van der Waals surface area contributed by atoms with Crippen molar-refractivity contribution in [1.82, 2.24) is 4.57 Å². The zero-order valence-corrected chi connectivity index (χ0v) is 22.5. The van der Waals surface area contributed by atoms with E-state index in [1.807, 2.05) is 0 Å². The Kier molecular flexibility index (Phi) is 7.85. The molecule has 1 aliphatic rings. The molecule has 28 heavy (non-hydrogen) atoms. The molecular formula is C22H45NO3Si2. The lowest BCUT2D eigenvalue weighted by atomic mass is 9.84. The molecule has 0 aromatic heterocycles. The van der Waals surface area contributed by atoms with Gasteiger partial charge in [-0.3, -0.25) is 4.79 Å². The van der Waals surface area contributed by atoms with Crippen molar-refractivity contribution < 1.29 is 14.0 Å². The Bertz CT molecular complexity index is 573. The zero-order chi connectivity index (χ0) is 22.1. The molecule has 0 aliphatic carbocycles. The van der Waals surface area contributed by atoms with Crippen LogP contribution < -0.4 is 0 Å². The number of amides is 1. The molecule has 0 N–H and O–H groups in total. The summed E-state index contributed by atoms with van der Waals surface area (Å²) >= 11 is 0. The first kappa shape index (κ1) is 25.4. The van der Waals surface area contributed by atoms with Crippen molar-refractivity contribution in [1.29, 1.82) is 0 Å². The van der Waals surface area contributed by atoms with E-state index in [2.05, 4.69) is 85.3 Å². The van der Waals surface area contributed by atoms with E-state index in [9.17, 15) is 4.79 Å². The molecule has 0 unspecified atom stereocenters. The van der Waals surface area contributed by atoms with Gasteiger partial charge < -0.3 is 13.7 Å². The summed E-state index contributed by atoms with van der Waals surface area (Å²) in [5.41, 5.74) is 0. The van der Waals surface area contributed by atoms with Crippen molar-refractivity contribution in [2.45, 2.75) is 110 Å². The van der Waals surface area contributed by atoms with E-state index in [4.69, 9.17) is 9.16 Å². The normalized spacial score (nSPS) is 23.1. The second-order valence-corrected chi connectivity index (χ2v) is 21.3. The van der Waals surface area contributed by atoms with Crippen LogP contribution in [0.5, 0.6) is 0 Å². The fourth-order valence-corrected chi connectivity index (χ4v) is 7.57. The molecule has 4 nitrogen and oxygen atoms in total. The van der Waals surface area contributed by atoms with Crippen LogP contribution in [-0.2, 0) is 14.0 Å². The van der Waals surface area contributed by atoms with Crippen LogP contribution in [0.1, 0.15) is 61.3 Å². The first-order chi connectivity index (χ1) is 12.5. The highest BCUT2D eigenvalue weighted by atomic mass is 28.4. The van der Waals surface area contributed by atoms with Crippen molar-refractivity contribution in [3.63, 3.8) is 0 Å². The van der Waals surface area contributed by atoms with E-state index in [1.165, 1.54) is 0 Å². The van der Waals surface area contributed by atoms with Crippen LogP contribution in [-0.4, -0.2) is 46.3 Å². The van der Waals surface area contributed by atoms with E-state index in [1.54, 1.807) is 13.4 Å². The van der Waals surface area contributed by atoms with Crippen LogP contribution >= 0.6 is 0 Å². The minimum Gasteiger partial charge on any atom is -0.505 e. The van der Waals surface area contributed by atoms with Gasteiger partial charge in [0.15, 0.2) is 16.6 Å².